The fourth-order valence-corrected chi connectivity index (χ4v) is 5.82. The monoisotopic (exact) mass is 540 g/mol. The number of hydrogen-bond acceptors (Lipinski definition) is 6. The summed E-state index contributed by atoms with van der Waals surface area (Å²) in [7, 11) is 1.38. The average molecular weight is 541 g/mol. The smallest absolute Gasteiger partial charge is 0.306 e. The zero-order chi connectivity index (χ0) is 28.6. The molecule has 0 fully saturated rings. The van der Waals surface area contributed by atoms with Gasteiger partial charge in [0.15, 0.2) is 0 Å². The SMILES string of the molecule is COC(=O)CC1COc2cc(O[C@@H]3CCc4c(-c5c(C)cc(C(=N)/C=C\C(C)=N)cc5C)ccc(F)c43)ccc21. The first-order valence-corrected chi connectivity index (χ1v) is 13.4. The predicted octanol–water partition coefficient (Wildman–Crippen LogP) is 7.18. The lowest BCUT2D eigenvalue weighted by Gasteiger charge is -2.19. The van der Waals surface area contributed by atoms with Crippen LogP contribution in [0.3, 0.4) is 0 Å². The minimum Gasteiger partial charge on any atom is -0.492 e. The van der Waals surface area contributed by atoms with E-state index in [4.69, 9.17) is 25.0 Å². The highest BCUT2D eigenvalue weighted by atomic mass is 19.1. The number of aryl methyl sites for hydroxylation is 2. The van der Waals surface area contributed by atoms with Crippen LogP contribution in [0.25, 0.3) is 11.1 Å². The largest absolute Gasteiger partial charge is 0.492 e. The van der Waals surface area contributed by atoms with Crippen LogP contribution in [0.15, 0.2) is 54.6 Å². The number of benzene rings is 3. The Bertz CT molecular complexity index is 1540. The molecule has 1 unspecified atom stereocenters. The number of methoxy groups -OCH3 is 1. The molecule has 0 aromatic heterocycles. The van der Waals surface area contributed by atoms with Crippen molar-refractivity contribution in [3.63, 3.8) is 0 Å². The molecule has 0 saturated carbocycles. The highest BCUT2D eigenvalue weighted by Gasteiger charge is 2.32. The molecule has 0 saturated heterocycles. The Labute approximate surface area is 233 Å². The summed E-state index contributed by atoms with van der Waals surface area (Å²) in [4.78, 5) is 11.7. The maximum Gasteiger partial charge on any atom is 0.306 e. The number of fused-ring (bicyclic) bond motifs is 2. The highest BCUT2D eigenvalue weighted by Crippen LogP contribution is 2.45. The molecule has 3 aromatic carbocycles. The van der Waals surface area contributed by atoms with Crippen molar-refractivity contribution in [3.8, 4) is 22.6 Å². The van der Waals surface area contributed by atoms with Gasteiger partial charge in [-0.1, -0.05) is 12.1 Å². The molecule has 0 amide bonds. The van der Waals surface area contributed by atoms with E-state index in [0.717, 1.165) is 38.9 Å². The summed E-state index contributed by atoms with van der Waals surface area (Å²) in [6, 6.07) is 12.9. The summed E-state index contributed by atoms with van der Waals surface area (Å²) in [6.07, 6.45) is 4.42. The van der Waals surface area contributed by atoms with Crippen molar-refractivity contribution in [1.29, 1.82) is 10.8 Å². The van der Waals surface area contributed by atoms with E-state index in [1.54, 1.807) is 19.1 Å². The lowest BCUT2D eigenvalue weighted by atomic mass is 9.88. The molecule has 2 aliphatic rings. The molecule has 5 rings (SSSR count). The number of halogens is 1. The lowest BCUT2D eigenvalue weighted by molar-refractivity contribution is -0.141. The van der Waals surface area contributed by atoms with E-state index in [2.05, 4.69) is 0 Å². The fraction of sp³-hybridized carbons (Fsp3) is 0.303. The average Bonchev–Trinajstić information content (AvgIpc) is 3.52. The maximum atomic E-state index is 15.3. The quantitative estimate of drug-likeness (QED) is 0.234. The van der Waals surface area contributed by atoms with Crippen molar-refractivity contribution < 1.29 is 23.4 Å². The summed E-state index contributed by atoms with van der Waals surface area (Å²) >= 11 is 0. The molecule has 3 aromatic rings. The van der Waals surface area contributed by atoms with Crippen LogP contribution in [0.5, 0.6) is 11.5 Å². The number of carbonyl (C=O) groups is 1. The molecule has 1 aliphatic heterocycles. The second-order valence-electron chi connectivity index (χ2n) is 10.5. The number of rotatable bonds is 8. The zero-order valence-corrected chi connectivity index (χ0v) is 23.2. The van der Waals surface area contributed by atoms with Crippen molar-refractivity contribution in [1.82, 2.24) is 0 Å². The second-order valence-corrected chi connectivity index (χ2v) is 10.5. The Morgan fingerprint density at radius 1 is 1.10 bits per heavy atom. The Hall–Kier alpha value is -4.26. The molecule has 1 heterocycles. The molecule has 2 atom stereocenters. The predicted molar refractivity (Wildman–Crippen MR) is 154 cm³/mol. The minimum atomic E-state index is -0.428. The van der Waals surface area contributed by atoms with E-state index in [1.165, 1.54) is 13.2 Å². The van der Waals surface area contributed by atoms with Gasteiger partial charge in [0.2, 0.25) is 0 Å². The Balaban J connectivity index is 1.42. The number of carbonyl (C=O) groups excluding carboxylic acids is 1. The van der Waals surface area contributed by atoms with Gasteiger partial charge in [-0.05, 0) is 103 Å². The summed E-state index contributed by atoms with van der Waals surface area (Å²) in [5.41, 5.74) is 8.06. The second kappa shape index (κ2) is 11.1. The maximum absolute atomic E-state index is 15.3. The number of allylic oxidation sites excluding steroid dienone is 2. The number of ether oxygens (including phenoxy) is 3. The van der Waals surface area contributed by atoms with Crippen molar-refractivity contribution in [2.45, 2.75) is 52.1 Å². The van der Waals surface area contributed by atoms with Gasteiger partial charge in [0.25, 0.3) is 0 Å². The summed E-state index contributed by atoms with van der Waals surface area (Å²) in [5, 5.41) is 16.0. The van der Waals surface area contributed by atoms with Crippen molar-refractivity contribution >= 4 is 17.4 Å². The molecule has 0 spiro atoms. The van der Waals surface area contributed by atoms with E-state index in [-0.39, 0.29) is 24.1 Å². The fourth-order valence-electron chi connectivity index (χ4n) is 5.82. The molecule has 1 aliphatic carbocycles. The molecular weight excluding hydrogens is 507 g/mol. The van der Waals surface area contributed by atoms with Crippen LogP contribution >= 0.6 is 0 Å². The third-order valence-electron chi connectivity index (χ3n) is 7.68. The molecule has 40 heavy (non-hydrogen) atoms. The van der Waals surface area contributed by atoms with Crippen LogP contribution in [0.4, 0.5) is 4.39 Å². The van der Waals surface area contributed by atoms with E-state index in [9.17, 15) is 4.79 Å². The molecular formula is C33H33FN2O4. The minimum absolute atomic E-state index is 0.0542. The third kappa shape index (κ3) is 5.28. The Morgan fingerprint density at radius 2 is 1.85 bits per heavy atom. The van der Waals surface area contributed by atoms with Gasteiger partial charge in [-0.15, -0.1) is 0 Å². The molecule has 0 bridgehead atoms. The number of nitrogens with one attached hydrogen (secondary N) is 2. The topological polar surface area (TPSA) is 92.5 Å². The van der Waals surface area contributed by atoms with Gasteiger partial charge >= 0.3 is 5.97 Å². The van der Waals surface area contributed by atoms with Gasteiger partial charge in [-0.25, -0.2) is 4.39 Å². The summed E-state index contributed by atoms with van der Waals surface area (Å²) in [5.74, 6) is 0.674. The standard InChI is InChI=1S/C33H33FN2O4/c1-18-13-21(28(36)11-5-20(3)35)14-19(2)32(18)25-8-10-27(34)33-26(25)9-12-29(33)40-23-6-7-24-22(15-31(37)38-4)17-39-30(24)16-23/h5-8,10-11,13-14,16,22,29,35-36H,9,12,15,17H2,1-4H3/b11-5-,35-20?,36-28?/t22?,29-/m1/s1. The van der Waals surface area contributed by atoms with Gasteiger partial charge in [0.05, 0.1) is 25.8 Å². The van der Waals surface area contributed by atoms with Crippen LogP contribution in [0, 0.1) is 30.5 Å². The van der Waals surface area contributed by atoms with Crippen LogP contribution in [0.1, 0.15) is 65.2 Å². The van der Waals surface area contributed by atoms with Crippen LogP contribution < -0.4 is 9.47 Å². The highest BCUT2D eigenvalue weighted by molar-refractivity contribution is 6.10. The molecule has 206 valence electrons. The van der Waals surface area contributed by atoms with E-state index in [0.29, 0.717) is 47.9 Å². The van der Waals surface area contributed by atoms with Gasteiger partial charge in [0, 0.05) is 28.8 Å². The molecule has 0 radical (unpaired) electrons. The number of hydrogen-bond donors (Lipinski definition) is 2. The first-order valence-electron chi connectivity index (χ1n) is 13.4. The van der Waals surface area contributed by atoms with E-state index < -0.39 is 6.10 Å². The third-order valence-corrected chi connectivity index (χ3v) is 7.68. The van der Waals surface area contributed by atoms with E-state index >= 15 is 4.39 Å². The first kappa shape index (κ1) is 27.3. The Kier molecular flexibility index (Phi) is 7.57. The van der Waals surface area contributed by atoms with Crippen molar-refractivity contribution in [3.05, 3.63) is 93.8 Å². The lowest BCUT2D eigenvalue weighted by Crippen LogP contribution is -2.09. The first-order chi connectivity index (χ1) is 19.2. The van der Waals surface area contributed by atoms with Crippen molar-refractivity contribution in [2.75, 3.05) is 13.7 Å². The van der Waals surface area contributed by atoms with Crippen LogP contribution in [-0.4, -0.2) is 31.1 Å². The van der Waals surface area contributed by atoms with Gasteiger partial charge in [0.1, 0.15) is 23.4 Å². The van der Waals surface area contributed by atoms with Crippen LogP contribution in [0.2, 0.25) is 0 Å². The van der Waals surface area contributed by atoms with Gasteiger partial charge < -0.3 is 25.0 Å². The van der Waals surface area contributed by atoms with E-state index in [1.807, 2.05) is 50.2 Å². The summed E-state index contributed by atoms with van der Waals surface area (Å²) in [6.45, 7) is 6.12. The molecule has 6 nitrogen and oxygen atoms in total. The molecule has 2 N–H and O–H groups in total. The Morgan fingerprint density at radius 3 is 2.55 bits per heavy atom. The molecule has 7 heteroatoms. The van der Waals surface area contributed by atoms with Crippen LogP contribution in [-0.2, 0) is 16.0 Å². The summed E-state index contributed by atoms with van der Waals surface area (Å²) < 4.78 is 32.2. The zero-order valence-electron chi connectivity index (χ0n) is 23.2. The van der Waals surface area contributed by atoms with Gasteiger partial charge in [-0.3, -0.25) is 4.79 Å². The van der Waals surface area contributed by atoms with Gasteiger partial charge in [-0.2, -0.15) is 0 Å². The number of esters is 1. The van der Waals surface area contributed by atoms with Crippen molar-refractivity contribution in [2.24, 2.45) is 0 Å². The normalized spacial score (nSPS) is 17.3.